The van der Waals surface area contributed by atoms with Crippen molar-refractivity contribution in [1.82, 2.24) is 20.2 Å². The second-order valence-corrected chi connectivity index (χ2v) is 10.0. The molecule has 0 radical (unpaired) electrons. The molecule has 0 unspecified atom stereocenters. The van der Waals surface area contributed by atoms with Gasteiger partial charge in [0.15, 0.2) is 0 Å². The van der Waals surface area contributed by atoms with Gasteiger partial charge in [0.1, 0.15) is 23.2 Å². The van der Waals surface area contributed by atoms with Gasteiger partial charge in [-0.1, -0.05) is 6.07 Å². The molecular formula is C28H30N8O5. The molecule has 0 bridgehead atoms. The predicted molar refractivity (Wildman–Crippen MR) is 153 cm³/mol. The molecule has 0 spiro atoms. The van der Waals surface area contributed by atoms with Crippen LogP contribution in [0.1, 0.15) is 30.5 Å². The number of phenols is 2. The number of amidine groups is 1. The monoisotopic (exact) mass is 558 g/mol. The van der Waals surface area contributed by atoms with E-state index in [0.29, 0.717) is 27.7 Å². The van der Waals surface area contributed by atoms with Gasteiger partial charge in [-0.25, -0.2) is 14.6 Å². The number of amides is 5. The van der Waals surface area contributed by atoms with Gasteiger partial charge < -0.3 is 37.7 Å². The van der Waals surface area contributed by atoms with Crippen molar-refractivity contribution in [1.29, 1.82) is 5.41 Å². The molecule has 1 heterocycles. The molecule has 13 nitrogen and oxygen atoms in total. The number of aromatic nitrogens is 2. The van der Waals surface area contributed by atoms with E-state index in [9.17, 15) is 24.6 Å². The fraction of sp³-hybridized carbons (Fsp3) is 0.179. The number of aromatic amines is 1. The fourth-order valence-corrected chi connectivity index (χ4v) is 4.42. The van der Waals surface area contributed by atoms with E-state index in [2.05, 4.69) is 15.3 Å². The normalized spacial score (nSPS) is 11.3. The first-order valence-electron chi connectivity index (χ1n) is 12.4. The average molecular weight is 559 g/mol. The maximum absolute atomic E-state index is 13.3. The number of nitrogens with two attached hydrogens (primary N) is 3. The fourth-order valence-electron chi connectivity index (χ4n) is 4.42. The minimum atomic E-state index is -1.32. The van der Waals surface area contributed by atoms with Gasteiger partial charge in [0.2, 0.25) is 5.91 Å². The van der Waals surface area contributed by atoms with E-state index in [1.165, 1.54) is 19.2 Å². The van der Waals surface area contributed by atoms with E-state index < -0.39 is 23.4 Å². The number of urea groups is 2. The number of hydrogen-bond acceptors (Lipinski definition) is 7. The third-order valence-corrected chi connectivity index (χ3v) is 6.87. The molecule has 212 valence electrons. The molecule has 4 aromatic rings. The van der Waals surface area contributed by atoms with Crippen LogP contribution in [0.2, 0.25) is 0 Å². The highest BCUT2D eigenvalue weighted by molar-refractivity contribution is 6.00. The van der Waals surface area contributed by atoms with Crippen LogP contribution >= 0.6 is 0 Å². The smallest absolute Gasteiger partial charge is 0.321 e. The summed E-state index contributed by atoms with van der Waals surface area (Å²) in [5.41, 5.74) is 17.9. The van der Waals surface area contributed by atoms with Crippen LogP contribution in [0.5, 0.6) is 11.5 Å². The Morgan fingerprint density at radius 3 is 2.32 bits per heavy atom. The first-order chi connectivity index (χ1) is 19.2. The summed E-state index contributed by atoms with van der Waals surface area (Å²) in [6, 6.07) is 10.9. The Bertz CT molecular complexity index is 1730. The van der Waals surface area contributed by atoms with Crippen LogP contribution in [0.3, 0.4) is 0 Å². The molecule has 11 N–H and O–H groups in total. The lowest BCUT2D eigenvalue weighted by molar-refractivity contribution is -0.132. The first-order valence-corrected chi connectivity index (χ1v) is 12.4. The number of benzene rings is 3. The van der Waals surface area contributed by atoms with Crippen molar-refractivity contribution >= 4 is 34.8 Å². The number of carbonyl (C=O) groups is 3. The van der Waals surface area contributed by atoms with E-state index in [-0.39, 0.29) is 46.4 Å². The third-order valence-electron chi connectivity index (χ3n) is 6.87. The third kappa shape index (κ3) is 5.45. The van der Waals surface area contributed by atoms with E-state index in [1.807, 2.05) is 0 Å². The number of imide groups is 1. The Balaban J connectivity index is 1.97. The van der Waals surface area contributed by atoms with Gasteiger partial charge in [-0.3, -0.25) is 15.1 Å². The van der Waals surface area contributed by atoms with Gasteiger partial charge in [-0.15, -0.1) is 0 Å². The van der Waals surface area contributed by atoms with Crippen molar-refractivity contribution in [3.63, 3.8) is 0 Å². The summed E-state index contributed by atoms with van der Waals surface area (Å²) in [5.74, 6) is -0.948. The zero-order valence-corrected chi connectivity index (χ0v) is 22.6. The number of imidazole rings is 1. The number of nitrogens with one attached hydrogen (secondary N) is 3. The van der Waals surface area contributed by atoms with Gasteiger partial charge in [0.05, 0.1) is 22.0 Å². The average Bonchev–Trinajstić information content (AvgIpc) is 3.35. The number of carbonyl (C=O) groups excluding carboxylic acids is 3. The predicted octanol–water partition coefficient (Wildman–Crippen LogP) is 2.58. The number of primary amides is 2. The van der Waals surface area contributed by atoms with Crippen molar-refractivity contribution in [3.05, 3.63) is 65.2 Å². The molecule has 0 saturated carbocycles. The minimum absolute atomic E-state index is 0.0609. The Labute approximate surface area is 234 Å². The molecule has 5 amide bonds. The molecule has 0 aliphatic rings. The van der Waals surface area contributed by atoms with Gasteiger partial charge in [0.25, 0.3) is 0 Å². The number of phenolic OH excluding ortho intramolecular Hbond substituents is 2. The second kappa shape index (κ2) is 10.5. The van der Waals surface area contributed by atoms with Gasteiger partial charge in [0, 0.05) is 30.3 Å². The Kier molecular flexibility index (Phi) is 7.30. The number of nitrogen functional groups attached to an aromatic ring is 1. The summed E-state index contributed by atoms with van der Waals surface area (Å²) in [6.07, 6.45) is 0. The van der Waals surface area contributed by atoms with E-state index in [4.69, 9.17) is 22.6 Å². The summed E-state index contributed by atoms with van der Waals surface area (Å²) < 4.78 is 0. The zero-order chi connectivity index (χ0) is 30.2. The number of nitrogens with zero attached hydrogens (tertiary/aromatic N) is 2. The summed E-state index contributed by atoms with van der Waals surface area (Å²) in [5, 5.41) is 32.5. The number of hydrogen-bond donors (Lipinski definition) is 8. The second-order valence-electron chi connectivity index (χ2n) is 10.0. The molecule has 3 aromatic carbocycles. The van der Waals surface area contributed by atoms with Crippen LogP contribution < -0.4 is 22.5 Å². The molecule has 13 heteroatoms. The largest absolute Gasteiger partial charge is 0.507 e. The van der Waals surface area contributed by atoms with E-state index in [1.54, 1.807) is 50.2 Å². The van der Waals surface area contributed by atoms with Gasteiger partial charge in [-0.2, -0.15) is 0 Å². The molecule has 0 fully saturated rings. The number of fused-ring (bicyclic) bond motifs is 1. The SMILES string of the molecule is CN(C(N)=O)C(=O)C(C)(C)c1cc(-c2nc3cc(C(=N)N)ccc3[nH]2)c(O)c(-c2cc(CNC(N)=O)ccc2O)c1. The summed E-state index contributed by atoms with van der Waals surface area (Å²) in [4.78, 5) is 44.8. The van der Waals surface area contributed by atoms with Crippen LogP contribution in [0.25, 0.3) is 33.5 Å². The molecule has 0 aliphatic carbocycles. The van der Waals surface area contributed by atoms with Gasteiger partial charge >= 0.3 is 12.1 Å². The highest BCUT2D eigenvalue weighted by Crippen LogP contribution is 2.44. The van der Waals surface area contributed by atoms with Gasteiger partial charge in [-0.05, 0) is 67.4 Å². The number of H-pyrrole nitrogens is 1. The molecule has 4 rings (SSSR count). The van der Waals surface area contributed by atoms with Crippen LogP contribution in [0.15, 0.2) is 48.5 Å². The lowest BCUT2D eigenvalue weighted by Crippen LogP contribution is -2.46. The first kappa shape index (κ1) is 28.4. The van der Waals surface area contributed by atoms with Crippen molar-refractivity contribution < 1.29 is 24.6 Å². The summed E-state index contributed by atoms with van der Waals surface area (Å²) >= 11 is 0. The van der Waals surface area contributed by atoms with Crippen LogP contribution in [0, 0.1) is 5.41 Å². The molecule has 0 aliphatic heterocycles. The standard InChI is InChI=1S/C28H30N8O5/c1-28(2,25(39)36(3)27(32)41)15-10-17(16-8-13(4-7-21(16)37)12-33-26(31)40)22(38)18(11-15)24-34-19-6-5-14(23(29)30)9-20(19)35-24/h4-11,37-38H,12H2,1-3H3,(H3,29,30)(H2,32,41)(H,34,35)(H3,31,33,40). The quantitative estimate of drug-likeness (QED) is 0.124. The molecule has 1 aromatic heterocycles. The summed E-state index contributed by atoms with van der Waals surface area (Å²) in [6.45, 7) is 3.25. The lowest BCUT2D eigenvalue weighted by Gasteiger charge is -2.29. The minimum Gasteiger partial charge on any atom is -0.507 e. The van der Waals surface area contributed by atoms with Crippen molar-refractivity contribution in [2.45, 2.75) is 25.8 Å². The summed E-state index contributed by atoms with van der Waals surface area (Å²) in [7, 11) is 1.27. The van der Waals surface area contributed by atoms with Crippen molar-refractivity contribution in [2.75, 3.05) is 7.05 Å². The van der Waals surface area contributed by atoms with Crippen molar-refractivity contribution in [2.24, 2.45) is 17.2 Å². The van der Waals surface area contributed by atoms with Crippen LogP contribution in [0.4, 0.5) is 9.59 Å². The molecule has 41 heavy (non-hydrogen) atoms. The van der Waals surface area contributed by atoms with Crippen molar-refractivity contribution in [3.8, 4) is 34.0 Å². The topological polar surface area (TPSA) is 238 Å². The maximum atomic E-state index is 13.3. The van der Waals surface area contributed by atoms with E-state index >= 15 is 0 Å². The number of rotatable bonds is 7. The van der Waals surface area contributed by atoms with Crippen LogP contribution in [-0.2, 0) is 16.8 Å². The Morgan fingerprint density at radius 1 is 1.00 bits per heavy atom. The Hall–Kier alpha value is -5.59. The molecule has 0 atom stereocenters. The van der Waals surface area contributed by atoms with Crippen LogP contribution in [-0.4, -0.2) is 55.9 Å². The zero-order valence-electron chi connectivity index (χ0n) is 22.6. The number of aromatic hydroxyl groups is 2. The number of likely N-dealkylation sites (N-methyl/N-ethyl adjacent to an activating group) is 1. The highest BCUT2D eigenvalue weighted by atomic mass is 16.3. The maximum Gasteiger partial charge on any atom is 0.321 e. The van der Waals surface area contributed by atoms with E-state index in [0.717, 1.165) is 4.90 Å². The molecular weight excluding hydrogens is 528 g/mol. The lowest BCUT2D eigenvalue weighted by atomic mass is 9.80. The Morgan fingerprint density at radius 2 is 1.68 bits per heavy atom. The highest BCUT2D eigenvalue weighted by Gasteiger charge is 2.36. The molecule has 0 saturated heterocycles.